The van der Waals surface area contributed by atoms with E-state index in [2.05, 4.69) is 0 Å². The molecule has 16 heavy (non-hydrogen) atoms. The van der Waals surface area contributed by atoms with Crippen LogP contribution < -0.4 is 5.73 Å². The Balaban J connectivity index is 0.00000128. The molecule has 0 aromatic carbocycles. The molecule has 0 aromatic rings. The summed E-state index contributed by atoms with van der Waals surface area (Å²) in [6, 6.07) is 0.00396. The minimum atomic E-state index is -3.15. The molecule has 7 heteroatoms. The van der Waals surface area contributed by atoms with E-state index in [1.807, 2.05) is 0 Å². The highest BCUT2D eigenvalue weighted by molar-refractivity contribution is 7.89. The molecule has 0 radical (unpaired) electrons. The molecule has 2 fully saturated rings. The van der Waals surface area contributed by atoms with Crippen LogP contribution in [0.3, 0.4) is 0 Å². The Morgan fingerprint density at radius 2 is 2.12 bits per heavy atom. The van der Waals surface area contributed by atoms with Gasteiger partial charge in [-0.1, -0.05) is 0 Å². The number of nitrogens with two attached hydrogens (primary N) is 1. The van der Waals surface area contributed by atoms with Crippen LogP contribution in [0.5, 0.6) is 0 Å². The van der Waals surface area contributed by atoms with E-state index in [1.54, 1.807) is 0 Å². The fourth-order valence-corrected chi connectivity index (χ4v) is 3.87. The zero-order valence-corrected chi connectivity index (χ0v) is 10.8. The SMILES string of the molecule is Cl.N[C@H]1CCN(S(=O)(=O)CC2CCCO2)C1. The fraction of sp³-hybridized carbons (Fsp3) is 1.00. The van der Waals surface area contributed by atoms with Gasteiger partial charge in [-0.15, -0.1) is 12.4 Å². The maximum Gasteiger partial charge on any atom is 0.216 e. The van der Waals surface area contributed by atoms with Gasteiger partial charge in [0.2, 0.25) is 10.0 Å². The number of rotatable bonds is 3. The quantitative estimate of drug-likeness (QED) is 0.781. The second-order valence-electron chi connectivity index (χ2n) is 4.32. The Morgan fingerprint density at radius 3 is 2.62 bits per heavy atom. The third-order valence-electron chi connectivity index (χ3n) is 3.00. The van der Waals surface area contributed by atoms with Gasteiger partial charge >= 0.3 is 0 Å². The van der Waals surface area contributed by atoms with Crippen molar-refractivity contribution >= 4 is 22.4 Å². The predicted octanol–water partition coefficient (Wildman–Crippen LogP) is -0.0500. The minimum Gasteiger partial charge on any atom is -0.377 e. The standard InChI is InChI=1S/C9H18N2O3S.ClH/c10-8-3-4-11(6-8)15(12,13)7-9-2-1-5-14-9;/h8-9H,1-7,10H2;1H/t8-,9?;/m0./s1. The van der Waals surface area contributed by atoms with Gasteiger partial charge in [-0.3, -0.25) is 0 Å². The van der Waals surface area contributed by atoms with Crippen LogP contribution in [-0.4, -0.2) is 50.3 Å². The van der Waals surface area contributed by atoms with Gasteiger partial charge in [-0.25, -0.2) is 12.7 Å². The van der Waals surface area contributed by atoms with Crippen LogP contribution in [-0.2, 0) is 14.8 Å². The molecule has 2 atom stereocenters. The van der Waals surface area contributed by atoms with Gasteiger partial charge in [0, 0.05) is 25.7 Å². The largest absolute Gasteiger partial charge is 0.377 e. The van der Waals surface area contributed by atoms with Crippen molar-refractivity contribution in [2.75, 3.05) is 25.4 Å². The van der Waals surface area contributed by atoms with E-state index in [4.69, 9.17) is 10.5 Å². The molecular weight excluding hydrogens is 252 g/mol. The van der Waals surface area contributed by atoms with E-state index >= 15 is 0 Å². The zero-order valence-electron chi connectivity index (χ0n) is 9.17. The van der Waals surface area contributed by atoms with Crippen LogP contribution in [0.4, 0.5) is 0 Å². The van der Waals surface area contributed by atoms with E-state index in [9.17, 15) is 8.42 Å². The molecule has 0 amide bonds. The summed E-state index contributed by atoms with van der Waals surface area (Å²) in [5.74, 6) is 0.125. The third-order valence-corrected chi connectivity index (χ3v) is 4.91. The van der Waals surface area contributed by atoms with E-state index < -0.39 is 10.0 Å². The van der Waals surface area contributed by atoms with Crippen LogP contribution in [0, 0.1) is 0 Å². The number of ether oxygens (including phenoxy) is 1. The zero-order chi connectivity index (χ0) is 10.9. The highest BCUT2D eigenvalue weighted by atomic mass is 35.5. The summed E-state index contributed by atoms with van der Waals surface area (Å²) in [7, 11) is -3.15. The Morgan fingerprint density at radius 1 is 1.38 bits per heavy atom. The first-order valence-corrected chi connectivity index (χ1v) is 7.04. The second kappa shape index (κ2) is 5.64. The van der Waals surface area contributed by atoms with Crippen LogP contribution in [0.15, 0.2) is 0 Å². The summed E-state index contributed by atoms with van der Waals surface area (Å²) in [5, 5.41) is 0. The lowest BCUT2D eigenvalue weighted by Gasteiger charge is -2.18. The van der Waals surface area contributed by atoms with Gasteiger partial charge in [0.25, 0.3) is 0 Å². The summed E-state index contributed by atoms with van der Waals surface area (Å²) in [4.78, 5) is 0. The van der Waals surface area contributed by atoms with Gasteiger partial charge in [0.15, 0.2) is 0 Å². The first kappa shape index (κ1) is 14.2. The van der Waals surface area contributed by atoms with Crippen molar-refractivity contribution in [1.82, 2.24) is 4.31 Å². The van der Waals surface area contributed by atoms with Crippen molar-refractivity contribution in [3.8, 4) is 0 Å². The Bertz CT molecular complexity index is 317. The molecule has 1 unspecified atom stereocenters. The molecule has 0 aromatic heterocycles. The van der Waals surface area contributed by atoms with Crippen molar-refractivity contribution in [3.63, 3.8) is 0 Å². The molecular formula is C9H19ClN2O3S. The summed E-state index contributed by atoms with van der Waals surface area (Å²) in [5.41, 5.74) is 5.69. The van der Waals surface area contributed by atoms with Crippen LogP contribution in [0.2, 0.25) is 0 Å². The van der Waals surface area contributed by atoms with Gasteiger partial charge in [0.1, 0.15) is 0 Å². The topological polar surface area (TPSA) is 72.6 Å². The smallest absolute Gasteiger partial charge is 0.216 e. The van der Waals surface area contributed by atoms with Gasteiger partial charge in [-0.05, 0) is 19.3 Å². The number of hydrogen-bond acceptors (Lipinski definition) is 4. The highest BCUT2D eigenvalue weighted by Crippen LogP contribution is 2.18. The maximum absolute atomic E-state index is 11.9. The van der Waals surface area contributed by atoms with Crippen molar-refractivity contribution in [3.05, 3.63) is 0 Å². The normalized spacial score (nSPS) is 31.6. The van der Waals surface area contributed by atoms with E-state index in [0.29, 0.717) is 19.7 Å². The average molecular weight is 271 g/mol. The number of nitrogens with zero attached hydrogens (tertiary/aromatic N) is 1. The average Bonchev–Trinajstić information content (AvgIpc) is 2.75. The van der Waals surface area contributed by atoms with Gasteiger partial charge in [0.05, 0.1) is 11.9 Å². The number of hydrogen-bond donors (Lipinski definition) is 1. The first-order valence-electron chi connectivity index (χ1n) is 5.43. The van der Waals surface area contributed by atoms with Crippen LogP contribution in [0.25, 0.3) is 0 Å². The molecule has 2 aliphatic heterocycles. The molecule has 5 nitrogen and oxygen atoms in total. The fourth-order valence-electron chi connectivity index (χ4n) is 2.12. The van der Waals surface area contributed by atoms with Crippen molar-refractivity contribution in [1.29, 1.82) is 0 Å². The monoisotopic (exact) mass is 270 g/mol. The van der Waals surface area contributed by atoms with Gasteiger partial charge in [-0.2, -0.15) is 0 Å². The first-order chi connectivity index (χ1) is 7.08. The molecule has 2 aliphatic rings. The molecule has 2 N–H and O–H groups in total. The third kappa shape index (κ3) is 3.30. The summed E-state index contributed by atoms with van der Waals surface area (Å²) < 4.78 is 30.7. The number of halogens is 1. The van der Waals surface area contributed by atoms with E-state index in [0.717, 1.165) is 19.3 Å². The minimum absolute atomic E-state index is 0. The van der Waals surface area contributed by atoms with Gasteiger partial charge < -0.3 is 10.5 Å². The highest BCUT2D eigenvalue weighted by Gasteiger charge is 2.32. The lowest BCUT2D eigenvalue weighted by atomic mass is 10.3. The predicted molar refractivity (Wildman–Crippen MR) is 64.2 cm³/mol. The van der Waals surface area contributed by atoms with E-state index in [1.165, 1.54) is 4.31 Å². The van der Waals surface area contributed by atoms with Crippen molar-refractivity contribution in [2.24, 2.45) is 5.73 Å². The number of sulfonamides is 1. The maximum atomic E-state index is 11.9. The molecule has 0 spiro atoms. The molecule has 0 aliphatic carbocycles. The lowest BCUT2D eigenvalue weighted by Crippen LogP contribution is -2.36. The summed E-state index contributed by atoms with van der Waals surface area (Å²) in [6.45, 7) is 1.73. The molecule has 0 saturated carbocycles. The lowest BCUT2D eigenvalue weighted by molar-refractivity contribution is 0.126. The second-order valence-corrected chi connectivity index (χ2v) is 6.33. The molecule has 2 saturated heterocycles. The van der Waals surface area contributed by atoms with E-state index in [-0.39, 0.29) is 30.3 Å². The Kier molecular flexibility index (Phi) is 5.00. The van der Waals surface area contributed by atoms with Crippen LogP contribution >= 0.6 is 12.4 Å². The molecule has 2 heterocycles. The Labute approximate surface area is 103 Å². The van der Waals surface area contributed by atoms with Crippen molar-refractivity contribution < 1.29 is 13.2 Å². The summed E-state index contributed by atoms with van der Waals surface area (Å²) in [6.07, 6.45) is 2.50. The summed E-state index contributed by atoms with van der Waals surface area (Å²) >= 11 is 0. The molecule has 96 valence electrons. The van der Waals surface area contributed by atoms with Crippen LogP contribution in [0.1, 0.15) is 19.3 Å². The molecule has 2 rings (SSSR count). The van der Waals surface area contributed by atoms with Crippen molar-refractivity contribution in [2.45, 2.75) is 31.4 Å². The Hall–Kier alpha value is 0.120. The molecule has 0 bridgehead atoms.